The van der Waals surface area contributed by atoms with Crippen molar-refractivity contribution in [2.24, 2.45) is 0 Å². The second kappa shape index (κ2) is 25.6. The Hall–Kier alpha value is 1.68. The number of hydrogen-bond acceptors (Lipinski definition) is 2. The molecule has 0 fully saturated rings. The molecule has 0 aromatic carbocycles. The van der Waals surface area contributed by atoms with Crippen LogP contribution in [0.3, 0.4) is 0 Å². The molecule has 20 heavy (non-hydrogen) atoms. The molecular weight excluding hydrogens is 396 g/mol. The fourth-order valence-electron chi connectivity index (χ4n) is 0.354. The Labute approximate surface area is 146 Å². The van der Waals surface area contributed by atoms with E-state index in [0.29, 0.717) is 0 Å². The maximum absolute atomic E-state index is 7.56. The molecule has 0 aliphatic rings. The van der Waals surface area contributed by atoms with E-state index in [9.17, 15) is 0 Å². The van der Waals surface area contributed by atoms with Gasteiger partial charge in [0, 0.05) is 19.5 Å². The summed E-state index contributed by atoms with van der Waals surface area (Å²) in [5, 5.41) is 0. The van der Waals surface area contributed by atoms with Crippen LogP contribution in [0, 0.1) is 0 Å². The van der Waals surface area contributed by atoms with Crippen LogP contribution in [0.2, 0.25) is 0 Å². The summed E-state index contributed by atoms with van der Waals surface area (Å²) in [5.41, 5.74) is 0. The van der Waals surface area contributed by atoms with E-state index in [-0.39, 0.29) is 26.9 Å². The van der Waals surface area contributed by atoms with Gasteiger partial charge in [-0.2, -0.15) is 0 Å². The first-order valence-corrected chi connectivity index (χ1v) is 10.7. The maximum atomic E-state index is 7.56. The predicted octanol–water partition coefficient (Wildman–Crippen LogP) is 2.62. The summed E-state index contributed by atoms with van der Waals surface area (Å²) >= 11 is 7.21. The summed E-state index contributed by atoms with van der Waals surface area (Å²) < 4.78 is 0. The van der Waals surface area contributed by atoms with Gasteiger partial charge >= 0.3 is 13.4 Å². The molecule has 0 rings (SSSR count). The molecule has 0 aliphatic heterocycles. The zero-order valence-corrected chi connectivity index (χ0v) is 18.3. The molecule has 126 valence electrons. The van der Waals surface area contributed by atoms with E-state index in [1.807, 2.05) is 0 Å². The smallest absolute Gasteiger partial charge is 0.319 e. The van der Waals surface area contributed by atoms with Crippen molar-refractivity contribution in [2.45, 2.75) is 60.8 Å². The first kappa shape index (κ1) is 37.7. The van der Waals surface area contributed by atoms with Crippen LogP contribution >= 0.6 is 13.4 Å². The van der Waals surface area contributed by atoms with Gasteiger partial charge in [-0.15, -0.1) is 0 Å². The van der Waals surface area contributed by atoms with Crippen molar-refractivity contribution in [3.63, 3.8) is 0 Å². The van der Waals surface area contributed by atoms with Crippen LogP contribution in [-0.4, -0.2) is 29.4 Å². The Morgan fingerprint density at radius 2 is 0.800 bits per heavy atom. The Balaban J connectivity index is -0.0000000321. The van der Waals surface area contributed by atoms with Crippen molar-refractivity contribution >= 4 is 37.1 Å². The zero-order chi connectivity index (χ0) is 15.8. The van der Waals surface area contributed by atoms with E-state index in [4.69, 9.17) is 29.4 Å². The van der Waals surface area contributed by atoms with E-state index in [1.165, 1.54) is 25.7 Å². The van der Waals surface area contributed by atoms with Crippen molar-refractivity contribution in [3.8, 4) is 0 Å². The van der Waals surface area contributed by atoms with Gasteiger partial charge in [0.15, 0.2) is 0 Å². The molecule has 0 saturated heterocycles. The summed E-state index contributed by atoms with van der Waals surface area (Å²) in [6.45, 7) is 1.06. The minimum atomic E-state index is -3.81. The molecule has 0 aliphatic carbocycles. The van der Waals surface area contributed by atoms with Gasteiger partial charge in [-0.1, -0.05) is 60.8 Å². The molecule has 0 radical (unpaired) electrons. The quantitative estimate of drug-likeness (QED) is 0.295. The van der Waals surface area contributed by atoms with Crippen LogP contribution < -0.4 is 0 Å². The van der Waals surface area contributed by atoms with E-state index in [0.717, 1.165) is 0 Å². The van der Waals surface area contributed by atoms with Gasteiger partial charge in [-0.25, -0.2) is 0 Å². The Kier molecular flexibility index (Phi) is 48.3. The average Bonchev–Trinajstić information content (AvgIpc) is 2.00. The average molecular weight is 426 g/mol. The standard InChI is InChI=1S/C5H12.C3H8.CH4.2H3O3PS.Zn/c1-3-5-4-2;1-3-2;;2*1-4(2,3)5;/h3-5H2,1-2H3;3H2,1-2H3;1H4;2*(H3,1,2,3,5);. The third-order valence-electron chi connectivity index (χ3n) is 0.707. The molecule has 0 aromatic rings. The number of hydrogen-bond donors (Lipinski definition) is 6. The molecule has 0 heterocycles. The molecule has 0 aromatic heterocycles. The van der Waals surface area contributed by atoms with Gasteiger partial charge in [0.2, 0.25) is 0 Å². The van der Waals surface area contributed by atoms with Crippen molar-refractivity contribution in [2.75, 3.05) is 0 Å². The molecule has 6 nitrogen and oxygen atoms in total. The summed E-state index contributed by atoms with van der Waals surface area (Å²) in [7, 11) is 0. The van der Waals surface area contributed by atoms with E-state index >= 15 is 0 Å². The van der Waals surface area contributed by atoms with Gasteiger partial charge in [0.1, 0.15) is 0 Å². The monoisotopic (exact) mass is 424 g/mol. The predicted molar refractivity (Wildman–Crippen MR) is 89.8 cm³/mol. The fourth-order valence-corrected chi connectivity index (χ4v) is 0.354. The molecule has 0 atom stereocenters. The van der Waals surface area contributed by atoms with Crippen LogP contribution in [-0.2, 0) is 43.1 Å². The molecule has 0 spiro atoms. The van der Waals surface area contributed by atoms with E-state index in [2.05, 4.69) is 51.3 Å². The minimum Gasteiger partial charge on any atom is -0.325 e. The van der Waals surface area contributed by atoms with Crippen LogP contribution in [0.4, 0.5) is 0 Å². The largest absolute Gasteiger partial charge is 0.325 e. The van der Waals surface area contributed by atoms with Gasteiger partial charge < -0.3 is 29.4 Å². The van der Waals surface area contributed by atoms with Crippen LogP contribution in [0.25, 0.3) is 0 Å². The molecule has 0 saturated carbocycles. The Morgan fingerprint density at radius 3 is 0.800 bits per heavy atom. The summed E-state index contributed by atoms with van der Waals surface area (Å²) in [6.07, 6.45) is 5.33. The summed E-state index contributed by atoms with van der Waals surface area (Å²) in [5.74, 6) is 0. The number of unbranched alkanes of at least 4 members (excludes halogenated alkanes) is 2. The third kappa shape index (κ3) is 506. The van der Waals surface area contributed by atoms with Gasteiger partial charge in [0.05, 0.1) is 0 Å². The first-order chi connectivity index (χ1) is 7.83. The third-order valence-corrected chi connectivity index (χ3v) is 0.707. The van der Waals surface area contributed by atoms with Gasteiger partial charge in [-0.05, 0) is 23.6 Å². The van der Waals surface area contributed by atoms with E-state index in [1.54, 1.807) is 0 Å². The second-order valence-corrected chi connectivity index (χ2v) is 8.08. The first-order valence-electron chi connectivity index (χ1n) is 5.39. The van der Waals surface area contributed by atoms with Crippen molar-refractivity contribution in [3.05, 3.63) is 0 Å². The fraction of sp³-hybridized carbons (Fsp3) is 1.00. The molecule has 0 bridgehead atoms. The topological polar surface area (TPSA) is 121 Å². The maximum Gasteiger partial charge on any atom is 0.319 e. The second-order valence-electron chi connectivity index (χ2n) is 3.09. The Bertz CT molecular complexity index is 196. The van der Waals surface area contributed by atoms with Crippen molar-refractivity contribution < 1.29 is 48.8 Å². The van der Waals surface area contributed by atoms with Crippen molar-refractivity contribution in [1.82, 2.24) is 0 Å². The number of rotatable bonds is 2. The molecular formula is C9H30O6P2S2Zn. The molecule has 0 amide bonds. The molecule has 0 unspecified atom stereocenters. The summed E-state index contributed by atoms with van der Waals surface area (Å²) in [6, 6.07) is 0. The normalized spacial score (nSPS) is 8.90. The van der Waals surface area contributed by atoms with Gasteiger partial charge in [0.25, 0.3) is 0 Å². The Morgan fingerprint density at radius 1 is 0.700 bits per heavy atom. The van der Waals surface area contributed by atoms with Crippen LogP contribution in [0.1, 0.15) is 60.8 Å². The van der Waals surface area contributed by atoms with E-state index < -0.39 is 13.4 Å². The van der Waals surface area contributed by atoms with Crippen molar-refractivity contribution in [1.29, 1.82) is 0 Å². The molecule has 11 heteroatoms. The minimum absolute atomic E-state index is 0. The van der Waals surface area contributed by atoms with Gasteiger partial charge in [-0.3, -0.25) is 0 Å². The zero-order valence-electron chi connectivity index (χ0n) is 11.9. The molecule has 6 N–H and O–H groups in total. The van der Waals surface area contributed by atoms with Crippen LogP contribution in [0.15, 0.2) is 0 Å². The van der Waals surface area contributed by atoms with Crippen LogP contribution in [0.5, 0.6) is 0 Å². The SMILES string of the molecule is C.CCC.CCCCC.OP(O)(O)=S.OP(O)(O)=S.[Zn]. The summed E-state index contributed by atoms with van der Waals surface area (Å²) in [4.78, 5) is 45.3.